The van der Waals surface area contributed by atoms with Crippen molar-refractivity contribution in [3.05, 3.63) is 137 Å². The number of hydrogen-bond acceptors (Lipinski definition) is 6. The molecule has 232 valence electrons. The lowest BCUT2D eigenvalue weighted by molar-refractivity contribution is -0.116. The number of thioether (sulfide) groups is 1. The second-order valence-electron chi connectivity index (χ2n) is 9.96. The van der Waals surface area contributed by atoms with Crippen LogP contribution in [0.4, 0.5) is 19.6 Å². The number of amides is 3. The van der Waals surface area contributed by atoms with Crippen molar-refractivity contribution in [2.24, 2.45) is 0 Å². The minimum atomic E-state index is -0.582. The van der Waals surface area contributed by atoms with E-state index in [0.29, 0.717) is 34.1 Å². The summed E-state index contributed by atoms with van der Waals surface area (Å²) < 4.78 is 26.8. The molecule has 3 amide bonds. The van der Waals surface area contributed by atoms with Crippen molar-refractivity contribution in [2.75, 3.05) is 10.6 Å². The fourth-order valence-corrected chi connectivity index (χ4v) is 6.01. The molecule has 0 spiro atoms. The van der Waals surface area contributed by atoms with Crippen LogP contribution in [0, 0.1) is 11.6 Å². The highest BCUT2D eigenvalue weighted by Gasteiger charge is 2.21. The summed E-state index contributed by atoms with van der Waals surface area (Å²) in [6.07, 6.45) is 1.99. The predicted octanol–water partition coefficient (Wildman–Crippen LogP) is 8.01. The van der Waals surface area contributed by atoms with Crippen LogP contribution in [0.1, 0.15) is 29.3 Å². The molecule has 5 rings (SSSR count). The molecule has 7 nitrogen and oxygen atoms in total. The first-order chi connectivity index (χ1) is 22.3. The van der Waals surface area contributed by atoms with Crippen LogP contribution in [0.15, 0.2) is 119 Å². The molecule has 4 aromatic carbocycles. The molecule has 11 heteroatoms. The van der Waals surface area contributed by atoms with Crippen LogP contribution in [0.25, 0.3) is 17.3 Å². The SMILES string of the molecule is CCC(Sc1cccc(NC(=O)/C(=C/c2ccc(F)cc2)NC(=O)c2ccccc2)c1)C(=O)Nc1nc(-c2ccc(F)cc2)cs1. The summed E-state index contributed by atoms with van der Waals surface area (Å²) in [7, 11) is 0. The summed E-state index contributed by atoms with van der Waals surface area (Å²) in [6.45, 7) is 1.90. The van der Waals surface area contributed by atoms with E-state index in [1.807, 2.05) is 13.0 Å². The number of aromatic nitrogens is 1. The van der Waals surface area contributed by atoms with Crippen LogP contribution >= 0.6 is 23.1 Å². The van der Waals surface area contributed by atoms with Crippen LogP contribution in [0.5, 0.6) is 0 Å². The Labute approximate surface area is 272 Å². The van der Waals surface area contributed by atoms with E-state index in [-0.39, 0.29) is 17.4 Å². The van der Waals surface area contributed by atoms with Crippen LogP contribution in [0.2, 0.25) is 0 Å². The Morgan fingerprint density at radius 3 is 2.26 bits per heavy atom. The third kappa shape index (κ3) is 8.74. The lowest BCUT2D eigenvalue weighted by Crippen LogP contribution is -2.30. The number of nitrogens with one attached hydrogen (secondary N) is 3. The van der Waals surface area contributed by atoms with Gasteiger partial charge in [-0.05, 0) is 84.8 Å². The summed E-state index contributed by atoms with van der Waals surface area (Å²) in [5, 5.41) is 10.1. The van der Waals surface area contributed by atoms with E-state index in [4.69, 9.17) is 0 Å². The van der Waals surface area contributed by atoms with Gasteiger partial charge in [0, 0.05) is 27.1 Å². The number of hydrogen-bond donors (Lipinski definition) is 3. The molecule has 0 fully saturated rings. The molecule has 3 N–H and O–H groups in total. The Morgan fingerprint density at radius 2 is 1.57 bits per heavy atom. The first kappa shape index (κ1) is 32.3. The number of benzene rings is 4. The molecule has 46 heavy (non-hydrogen) atoms. The van der Waals surface area contributed by atoms with E-state index < -0.39 is 22.9 Å². The first-order valence-corrected chi connectivity index (χ1v) is 16.0. The quantitative estimate of drug-likeness (QED) is 0.0990. The van der Waals surface area contributed by atoms with Crippen molar-refractivity contribution in [3.8, 4) is 11.3 Å². The van der Waals surface area contributed by atoms with Crippen molar-refractivity contribution in [2.45, 2.75) is 23.5 Å². The summed E-state index contributed by atoms with van der Waals surface area (Å²) in [4.78, 5) is 44.7. The molecule has 0 aliphatic heterocycles. The molecule has 5 aromatic rings. The van der Waals surface area contributed by atoms with Crippen molar-refractivity contribution in [3.63, 3.8) is 0 Å². The van der Waals surface area contributed by atoms with E-state index in [1.54, 1.807) is 66.0 Å². The minimum Gasteiger partial charge on any atom is -0.321 e. The molecular formula is C35H28F2N4O3S2. The lowest BCUT2D eigenvalue weighted by Gasteiger charge is -2.15. The molecule has 0 aliphatic carbocycles. The molecule has 0 radical (unpaired) electrons. The number of nitrogens with zero attached hydrogens (tertiary/aromatic N) is 1. The molecule has 0 saturated heterocycles. The summed E-state index contributed by atoms with van der Waals surface area (Å²) in [5.74, 6) is -2.05. The minimum absolute atomic E-state index is 0.0345. The molecule has 1 aromatic heterocycles. The molecule has 0 aliphatic rings. The van der Waals surface area contributed by atoms with Gasteiger partial charge < -0.3 is 16.0 Å². The summed E-state index contributed by atoms with van der Waals surface area (Å²) >= 11 is 2.61. The highest BCUT2D eigenvalue weighted by Crippen LogP contribution is 2.30. The second kappa shape index (κ2) is 15.2. The van der Waals surface area contributed by atoms with Gasteiger partial charge in [0.05, 0.1) is 10.9 Å². The van der Waals surface area contributed by atoms with Gasteiger partial charge in [0.15, 0.2) is 5.13 Å². The van der Waals surface area contributed by atoms with Gasteiger partial charge >= 0.3 is 0 Å². The number of rotatable bonds is 11. The van der Waals surface area contributed by atoms with Crippen LogP contribution in [-0.2, 0) is 9.59 Å². The van der Waals surface area contributed by atoms with Gasteiger partial charge in [-0.1, -0.05) is 43.3 Å². The largest absolute Gasteiger partial charge is 0.321 e. The zero-order valence-electron chi connectivity index (χ0n) is 24.5. The van der Waals surface area contributed by atoms with E-state index in [9.17, 15) is 23.2 Å². The fraction of sp³-hybridized carbons (Fsp3) is 0.0857. The van der Waals surface area contributed by atoms with Crippen LogP contribution < -0.4 is 16.0 Å². The first-order valence-electron chi connectivity index (χ1n) is 14.2. The predicted molar refractivity (Wildman–Crippen MR) is 179 cm³/mol. The normalized spacial score (nSPS) is 11.8. The molecular weight excluding hydrogens is 627 g/mol. The number of halogens is 2. The van der Waals surface area contributed by atoms with Crippen molar-refractivity contribution in [1.82, 2.24) is 10.3 Å². The van der Waals surface area contributed by atoms with E-state index in [2.05, 4.69) is 20.9 Å². The lowest BCUT2D eigenvalue weighted by atomic mass is 10.1. The molecule has 1 heterocycles. The third-order valence-corrected chi connectivity index (χ3v) is 8.73. The Bertz CT molecular complexity index is 1860. The zero-order valence-corrected chi connectivity index (χ0v) is 26.1. The Morgan fingerprint density at radius 1 is 0.870 bits per heavy atom. The zero-order chi connectivity index (χ0) is 32.5. The fourth-order valence-electron chi connectivity index (χ4n) is 4.27. The third-order valence-electron chi connectivity index (χ3n) is 6.62. The topological polar surface area (TPSA) is 100 Å². The standard InChI is InChI=1S/C35H28F2N4O3S2/c1-2-31(34(44)41-35-40-30(21-45-35)23-13-17-26(37)18-14-23)46-28-10-6-9-27(20-28)38-33(43)29(19-22-11-15-25(36)16-12-22)39-32(42)24-7-4-3-5-8-24/h3-21,31H,2H2,1H3,(H,38,43)(H,39,42)(H,40,41,44)/b29-19-. The smallest absolute Gasteiger partial charge is 0.272 e. The number of thiazole rings is 1. The van der Waals surface area contributed by atoms with Crippen molar-refractivity contribution < 1.29 is 23.2 Å². The average molecular weight is 655 g/mol. The van der Waals surface area contributed by atoms with Crippen molar-refractivity contribution >= 4 is 57.7 Å². The second-order valence-corrected chi connectivity index (χ2v) is 12.1. The maximum atomic E-state index is 13.5. The van der Waals surface area contributed by atoms with Gasteiger partial charge in [-0.3, -0.25) is 14.4 Å². The van der Waals surface area contributed by atoms with Crippen molar-refractivity contribution in [1.29, 1.82) is 0 Å². The maximum absolute atomic E-state index is 13.5. The Balaban J connectivity index is 1.27. The van der Waals surface area contributed by atoms with Gasteiger partial charge in [0.1, 0.15) is 17.3 Å². The van der Waals surface area contributed by atoms with Gasteiger partial charge in [-0.15, -0.1) is 23.1 Å². The van der Waals surface area contributed by atoms with Crippen LogP contribution in [0.3, 0.4) is 0 Å². The molecule has 0 bridgehead atoms. The highest BCUT2D eigenvalue weighted by atomic mass is 32.2. The Kier molecular flexibility index (Phi) is 10.7. The van der Waals surface area contributed by atoms with E-state index >= 15 is 0 Å². The summed E-state index contributed by atoms with van der Waals surface area (Å²) in [6, 6.07) is 27.0. The number of carbonyl (C=O) groups is 3. The van der Waals surface area contributed by atoms with Gasteiger partial charge in [-0.2, -0.15) is 0 Å². The average Bonchev–Trinajstić information content (AvgIpc) is 3.53. The molecule has 1 unspecified atom stereocenters. The molecule has 0 saturated carbocycles. The summed E-state index contributed by atoms with van der Waals surface area (Å²) in [5.41, 5.74) is 2.69. The highest BCUT2D eigenvalue weighted by molar-refractivity contribution is 8.00. The van der Waals surface area contributed by atoms with Crippen LogP contribution in [-0.4, -0.2) is 28.0 Å². The Hall–Kier alpha value is -5.13. The molecule has 1 atom stereocenters. The monoisotopic (exact) mass is 654 g/mol. The van der Waals surface area contributed by atoms with Gasteiger partial charge in [0.2, 0.25) is 5.91 Å². The van der Waals surface area contributed by atoms with E-state index in [1.165, 1.54) is 65.6 Å². The van der Waals surface area contributed by atoms with E-state index in [0.717, 1.165) is 10.5 Å². The van der Waals surface area contributed by atoms with Gasteiger partial charge in [0.25, 0.3) is 11.8 Å². The number of carbonyl (C=O) groups excluding carboxylic acids is 3. The van der Waals surface area contributed by atoms with Gasteiger partial charge in [-0.25, -0.2) is 13.8 Å². The maximum Gasteiger partial charge on any atom is 0.272 e. The number of anilines is 2.